The van der Waals surface area contributed by atoms with Crippen LogP contribution in [0.5, 0.6) is 5.75 Å². The first-order chi connectivity index (χ1) is 20.0. The van der Waals surface area contributed by atoms with Gasteiger partial charge in [-0.1, -0.05) is 30.3 Å². The third-order valence-electron chi connectivity index (χ3n) is 6.71. The van der Waals surface area contributed by atoms with Crippen LogP contribution in [0, 0.1) is 0 Å². The number of amides is 3. The second kappa shape index (κ2) is 13.2. The summed E-state index contributed by atoms with van der Waals surface area (Å²) in [6.07, 6.45) is 1.69. The average Bonchev–Trinajstić information content (AvgIpc) is 3.53. The minimum atomic E-state index is -4.43. The molecule has 0 spiro atoms. The van der Waals surface area contributed by atoms with Crippen LogP contribution in [0.15, 0.2) is 83.8 Å². The van der Waals surface area contributed by atoms with E-state index in [1.54, 1.807) is 55.6 Å². The van der Waals surface area contributed by atoms with Gasteiger partial charge in [-0.05, 0) is 66.9 Å². The fraction of sp³-hybridized carbons (Fsp3) is 0.286. The summed E-state index contributed by atoms with van der Waals surface area (Å²) in [6, 6.07) is 18.7. The Hall–Kier alpha value is -4.14. The first-order valence-electron chi connectivity index (χ1n) is 13.2. The van der Waals surface area contributed by atoms with Crippen molar-refractivity contribution in [2.24, 2.45) is 0 Å². The van der Waals surface area contributed by atoms with E-state index in [0.29, 0.717) is 24.5 Å². The molecule has 1 atom stereocenters. The summed E-state index contributed by atoms with van der Waals surface area (Å²) >= 11 is 0. The molecule has 3 aromatic carbocycles. The SMILES string of the molecule is COc1ccc(N(C)C(=O)C(Cc2ccccc2)NC(=O)NS(=O)(=O)Nc2ccc(S(=O)(=O)N3CCCC3)cc2)cc1. The molecule has 42 heavy (non-hydrogen) atoms. The number of likely N-dealkylation sites (N-methyl/N-ethyl adjacent to an activating group) is 1. The van der Waals surface area contributed by atoms with Crippen molar-refractivity contribution in [3.05, 3.63) is 84.4 Å². The zero-order valence-electron chi connectivity index (χ0n) is 23.2. The number of hydrogen-bond acceptors (Lipinski definition) is 7. The normalized spacial score (nSPS) is 14.5. The molecular formula is C28H33N5O7S2. The van der Waals surface area contributed by atoms with Gasteiger partial charge in [0.1, 0.15) is 11.8 Å². The smallest absolute Gasteiger partial charge is 0.330 e. The third kappa shape index (κ3) is 7.78. The number of benzene rings is 3. The van der Waals surface area contributed by atoms with Crippen molar-refractivity contribution in [1.29, 1.82) is 0 Å². The predicted molar refractivity (Wildman–Crippen MR) is 159 cm³/mol. The van der Waals surface area contributed by atoms with E-state index in [1.807, 2.05) is 10.8 Å². The quantitative estimate of drug-likeness (QED) is 0.300. The number of anilines is 2. The first kappa shape index (κ1) is 30.8. The Balaban J connectivity index is 1.44. The number of nitrogens with one attached hydrogen (secondary N) is 3. The van der Waals surface area contributed by atoms with Crippen molar-refractivity contribution in [3.8, 4) is 5.75 Å². The maximum Gasteiger partial charge on any atom is 0.330 e. The molecule has 3 amide bonds. The zero-order chi connectivity index (χ0) is 30.3. The van der Waals surface area contributed by atoms with Crippen molar-refractivity contribution in [2.45, 2.75) is 30.2 Å². The van der Waals surface area contributed by atoms with E-state index in [2.05, 4.69) is 10.0 Å². The molecule has 0 saturated carbocycles. The summed E-state index contributed by atoms with van der Waals surface area (Å²) in [5.41, 5.74) is 1.35. The highest BCUT2D eigenvalue weighted by molar-refractivity contribution is 7.91. The van der Waals surface area contributed by atoms with Crippen LogP contribution in [0.4, 0.5) is 16.2 Å². The lowest BCUT2D eigenvalue weighted by Gasteiger charge is -2.25. The van der Waals surface area contributed by atoms with E-state index in [9.17, 15) is 26.4 Å². The molecule has 1 unspecified atom stereocenters. The van der Waals surface area contributed by atoms with E-state index in [1.165, 1.54) is 40.6 Å². The maximum absolute atomic E-state index is 13.4. The molecule has 0 aromatic heterocycles. The van der Waals surface area contributed by atoms with Gasteiger partial charge in [0.05, 0.1) is 17.7 Å². The van der Waals surface area contributed by atoms with Crippen molar-refractivity contribution in [3.63, 3.8) is 0 Å². The number of nitrogens with zero attached hydrogens (tertiary/aromatic N) is 2. The Morgan fingerprint density at radius 1 is 0.905 bits per heavy atom. The monoisotopic (exact) mass is 615 g/mol. The average molecular weight is 616 g/mol. The number of ether oxygens (including phenoxy) is 1. The van der Waals surface area contributed by atoms with Gasteiger partial charge in [-0.15, -0.1) is 0 Å². The highest BCUT2D eigenvalue weighted by Gasteiger charge is 2.28. The van der Waals surface area contributed by atoms with Crippen molar-refractivity contribution in [2.75, 3.05) is 36.9 Å². The Morgan fingerprint density at radius 3 is 2.12 bits per heavy atom. The highest BCUT2D eigenvalue weighted by atomic mass is 32.2. The summed E-state index contributed by atoms with van der Waals surface area (Å²) < 4.78 is 61.5. The van der Waals surface area contributed by atoms with Crippen LogP contribution in [0.25, 0.3) is 0 Å². The van der Waals surface area contributed by atoms with Crippen molar-refractivity contribution in [1.82, 2.24) is 14.3 Å². The number of carbonyl (C=O) groups is 2. The Kier molecular flexibility index (Phi) is 9.70. The van der Waals surface area contributed by atoms with Crippen LogP contribution in [0.1, 0.15) is 18.4 Å². The van der Waals surface area contributed by atoms with Gasteiger partial charge in [-0.2, -0.15) is 12.7 Å². The molecule has 4 rings (SSSR count). The number of sulfonamides is 1. The Bertz CT molecular complexity index is 1590. The minimum absolute atomic E-state index is 0.0429. The molecule has 1 aliphatic heterocycles. The van der Waals surface area contributed by atoms with Gasteiger partial charge in [-0.25, -0.2) is 17.9 Å². The summed E-state index contributed by atoms with van der Waals surface area (Å²) in [5.74, 6) is 0.137. The second-order valence-electron chi connectivity index (χ2n) is 9.65. The highest BCUT2D eigenvalue weighted by Crippen LogP contribution is 2.23. The summed E-state index contributed by atoms with van der Waals surface area (Å²) in [5, 5.41) is 2.47. The molecule has 3 N–H and O–H groups in total. The largest absolute Gasteiger partial charge is 0.497 e. The molecule has 224 valence electrons. The van der Waals surface area contributed by atoms with E-state index in [4.69, 9.17) is 4.74 Å². The number of urea groups is 1. The minimum Gasteiger partial charge on any atom is -0.497 e. The van der Waals surface area contributed by atoms with Gasteiger partial charge in [0.25, 0.3) is 0 Å². The van der Waals surface area contributed by atoms with E-state index < -0.39 is 38.2 Å². The summed E-state index contributed by atoms with van der Waals surface area (Å²) in [4.78, 5) is 27.7. The summed E-state index contributed by atoms with van der Waals surface area (Å²) in [7, 11) is -5.02. The molecule has 12 nitrogen and oxygen atoms in total. The molecule has 1 saturated heterocycles. The van der Waals surface area contributed by atoms with Crippen LogP contribution in [0.3, 0.4) is 0 Å². The lowest BCUT2D eigenvalue weighted by Crippen LogP contribution is -2.53. The number of methoxy groups -OCH3 is 1. The van der Waals surface area contributed by atoms with E-state index in [0.717, 1.165) is 18.4 Å². The van der Waals surface area contributed by atoms with E-state index in [-0.39, 0.29) is 17.0 Å². The maximum atomic E-state index is 13.4. The Labute approximate surface area is 245 Å². The fourth-order valence-corrected chi connectivity index (χ4v) is 6.80. The molecule has 0 radical (unpaired) electrons. The third-order valence-corrected chi connectivity index (χ3v) is 9.58. The van der Waals surface area contributed by atoms with Gasteiger partial charge in [0.15, 0.2) is 0 Å². The summed E-state index contributed by atoms with van der Waals surface area (Å²) in [6.45, 7) is 0.888. The van der Waals surface area contributed by atoms with Crippen LogP contribution in [-0.2, 0) is 31.4 Å². The molecule has 1 heterocycles. The van der Waals surface area contributed by atoms with Crippen molar-refractivity contribution < 1.29 is 31.2 Å². The molecular weight excluding hydrogens is 582 g/mol. The number of carbonyl (C=O) groups excluding carboxylic acids is 2. The Morgan fingerprint density at radius 2 is 1.52 bits per heavy atom. The van der Waals surface area contributed by atoms with Crippen LogP contribution < -0.4 is 24.4 Å². The first-order valence-corrected chi connectivity index (χ1v) is 16.1. The van der Waals surface area contributed by atoms with Gasteiger partial charge < -0.3 is 15.0 Å². The lowest BCUT2D eigenvalue weighted by molar-refractivity contribution is -0.120. The second-order valence-corrected chi connectivity index (χ2v) is 13.0. The van der Waals surface area contributed by atoms with Crippen LogP contribution in [0.2, 0.25) is 0 Å². The number of rotatable bonds is 11. The molecule has 14 heteroatoms. The molecule has 1 aliphatic rings. The molecule has 3 aromatic rings. The topological polar surface area (TPSA) is 154 Å². The van der Waals surface area contributed by atoms with Gasteiger partial charge in [0.2, 0.25) is 15.9 Å². The van der Waals surface area contributed by atoms with E-state index >= 15 is 0 Å². The molecule has 0 aliphatic carbocycles. The van der Waals surface area contributed by atoms with Crippen LogP contribution in [-0.4, -0.2) is 66.4 Å². The molecule has 0 bridgehead atoms. The van der Waals surface area contributed by atoms with Crippen LogP contribution >= 0.6 is 0 Å². The standard InChI is InChI=1S/C28H33N5O7S2/c1-32(23-12-14-24(40-2)15-13-23)27(34)26(20-21-8-4-3-5-9-21)29-28(35)31-42(38,39)30-22-10-16-25(17-11-22)41(36,37)33-18-6-7-19-33/h3-5,8-17,26,30H,6-7,18-20H2,1-2H3,(H2,29,31,35). The number of hydrogen-bond donors (Lipinski definition) is 3. The molecule has 1 fully saturated rings. The van der Waals surface area contributed by atoms with Gasteiger partial charge in [0, 0.05) is 32.2 Å². The predicted octanol–water partition coefficient (Wildman–Crippen LogP) is 2.71. The van der Waals surface area contributed by atoms with Gasteiger partial charge in [-0.3, -0.25) is 9.52 Å². The fourth-order valence-electron chi connectivity index (χ4n) is 4.48. The zero-order valence-corrected chi connectivity index (χ0v) is 24.8. The van der Waals surface area contributed by atoms with Gasteiger partial charge >= 0.3 is 16.2 Å². The van der Waals surface area contributed by atoms with Crippen molar-refractivity contribution >= 4 is 43.5 Å². The lowest BCUT2D eigenvalue weighted by atomic mass is 10.0.